The molecule has 1 aromatic rings. The molecule has 0 bridgehead atoms. The Morgan fingerprint density at radius 3 is 3.00 bits per heavy atom. The third-order valence-electron chi connectivity index (χ3n) is 2.45. The van der Waals surface area contributed by atoms with E-state index in [9.17, 15) is 4.79 Å². The number of ether oxygens (including phenoxy) is 1. The van der Waals surface area contributed by atoms with Crippen LogP contribution in [-0.2, 0) is 4.74 Å². The van der Waals surface area contributed by atoms with Crippen molar-refractivity contribution in [3.8, 4) is 0 Å². The number of nitrogens with two attached hydrogens (primary N) is 1. The van der Waals surface area contributed by atoms with E-state index in [1.165, 1.54) is 12.8 Å². The molecule has 0 unspecified atom stereocenters. The first-order valence-electron chi connectivity index (χ1n) is 4.88. The van der Waals surface area contributed by atoms with Crippen molar-refractivity contribution in [1.82, 2.24) is 4.98 Å². The number of carbonyl (C=O) groups excluding carboxylic acids is 1. The predicted octanol–water partition coefficient (Wildman–Crippen LogP) is 1.65. The lowest BCUT2D eigenvalue weighted by Gasteiger charge is -2.00. The second-order valence-electron chi connectivity index (χ2n) is 3.53. The third kappa shape index (κ3) is 1.47. The number of anilines is 1. The molecule has 0 atom stereocenters. The Hall–Kier alpha value is -1.45. The van der Waals surface area contributed by atoms with E-state index in [2.05, 4.69) is 4.98 Å². The van der Waals surface area contributed by atoms with Gasteiger partial charge in [-0.2, -0.15) is 0 Å². The number of nitrogen functional groups attached to an aromatic ring is 1. The van der Waals surface area contributed by atoms with E-state index in [4.69, 9.17) is 10.5 Å². The second-order valence-corrected chi connectivity index (χ2v) is 3.53. The maximum absolute atomic E-state index is 11.4. The first-order chi connectivity index (χ1) is 6.74. The molecule has 4 nitrogen and oxygen atoms in total. The van der Waals surface area contributed by atoms with Crippen LogP contribution in [0.25, 0.3) is 0 Å². The lowest BCUT2D eigenvalue weighted by molar-refractivity contribution is 0.0521. The summed E-state index contributed by atoms with van der Waals surface area (Å²) in [5.41, 5.74) is 7.86. The second kappa shape index (κ2) is 3.36. The maximum atomic E-state index is 11.4. The van der Waals surface area contributed by atoms with Gasteiger partial charge in [0.25, 0.3) is 0 Å². The molecule has 1 aliphatic carbocycles. The zero-order valence-electron chi connectivity index (χ0n) is 8.17. The number of carbonyl (C=O) groups is 1. The molecular weight excluding hydrogens is 180 g/mol. The minimum Gasteiger partial charge on any atom is -0.461 e. The molecule has 1 heterocycles. The monoisotopic (exact) mass is 194 g/mol. The molecule has 3 N–H and O–H groups in total. The summed E-state index contributed by atoms with van der Waals surface area (Å²) in [5.74, 6) is 0.186. The number of nitrogens with one attached hydrogen (secondary N) is 1. The van der Waals surface area contributed by atoms with Crippen LogP contribution in [0.1, 0.15) is 41.7 Å². The highest BCUT2D eigenvalue weighted by atomic mass is 16.5. The molecule has 0 aromatic carbocycles. The van der Waals surface area contributed by atoms with Gasteiger partial charge in [-0.15, -0.1) is 0 Å². The van der Waals surface area contributed by atoms with Gasteiger partial charge in [0.2, 0.25) is 0 Å². The van der Waals surface area contributed by atoms with Crippen molar-refractivity contribution in [2.24, 2.45) is 0 Å². The van der Waals surface area contributed by atoms with Crippen LogP contribution in [0.15, 0.2) is 6.20 Å². The van der Waals surface area contributed by atoms with E-state index in [0.29, 0.717) is 23.9 Å². The lowest BCUT2D eigenvalue weighted by Crippen LogP contribution is -2.07. The van der Waals surface area contributed by atoms with Gasteiger partial charge < -0.3 is 15.5 Å². The van der Waals surface area contributed by atoms with Crippen LogP contribution < -0.4 is 5.73 Å². The standard InChI is InChI=1S/C10H14N2O2/c1-2-14-10(13)9-8(11)7(5-12-9)6-3-4-6/h5-6,12H,2-4,11H2,1H3. The number of hydrogen-bond donors (Lipinski definition) is 2. The van der Waals surface area contributed by atoms with Crippen molar-refractivity contribution in [1.29, 1.82) is 0 Å². The van der Waals surface area contributed by atoms with Crippen molar-refractivity contribution >= 4 is 11.7 Å². The van der Waals surface area contributed by atoms with Crippen LogP contribution in [0.3, 0.4) is 0 Å². The molecular formula is C10H14N2O2. The van der Waals surface area contributed by atoms with Crippen molar-refractivity contribution in [3.63, 3.8) is 0 Å². The van der Waals surface area contributed by atoms with Crippen LogP contribution >= 0.6 is 0 Å². The van der Waals surface area contributed by atoms with Gasteiger partial charge in [0.1, 0.15) is 5.69 Å². The molecule has 4 heteroatoms. The van der Waals surface area contributed by atoms with Crippen LogP contribution in [0.5, 0.6) is 0 Å². The minimum atomic E-state index is -0.364. The minimum absolute atomic E-state index is 0.364. The predicted molar refractivity (Wildman–Crippen MR) is 53.1 cm³/mol. The summed E-state index contributed by atoms with van der Waals surface area (Å²) in [7, 11) is 0. The van der Waals surface area contributed by atoms with E-state index in [-0.39, 0.29) is 5.97 Å². The van der Waals surface area contributed by atoms with Gasteiger partial charge >= 0.3 is 5.97 Å². The van der Waals surface area contributed by atoms with Gasteiger partial charge in [-0.25, -0.2) is 4.79 Å². The number of rotatable bonds is 3. The Morgan fingerprint density at radius 1 is 1.71 bits per heavy atom. The number of aromatic nitrogens is 1. The highest BCUT2D eigenvalue weighted by molar-refractivity contribution is 5.94. The van der Waals surface area contributed by atoms with Crippen LogP contribution in [0.2, 0.25) is 0 Å². The molecule has 76 valence electrons. The normalized spacial score (nSPS) is 15.5. The van der Waals surface area contributed by atoms with E-state index in [0.717, 1.165) is 5.56 Å². The number of hydrogen-bond acceptors (Lipinski definition) is 3. The summed E-state index contributed by atoms with van der Waals surface area (Å²) in [6, 6.07) is 0. The Morgan fingerprint density at radius 2 is 2.43 bits per heavy atom. The Labute approximate surface area is 82.4 Å². The highest BCUT2D eigenvalue weighted by Crippen LogP contribution is 2.43. The number of esters is 1. The first kappa shape index (κ1) is 9.12. The first-order valence-corrected chi connectivity index (χ1v) is 4.88. The highest BCUT2D eigenvalue weighted by Gasteiger charge is 2.29. The Kier molecular flexibility index (Phi) is 2.19. The van der Waals surface area contributed by atoms with Crippen LogP contribution in [-0.4, -0.2) is 17.6 Å². The Balaban J connectivity index is 2.21. The SMILES string of the molecule is CCOC(=O)c1[nH]cc(C2CC2)c1N. The van der Waals surface area contributed by atoms with Gasteiger partial charge in [0.15, 0.2) is 0 Å². The zero-order valence-corrected chi connectivity index (χ0v) is 8.17. The molecule has 0 saturated heterocycles. The van der Waals surface area contributed by atoms with Crippen molar-refractivity contribution in [2.45, 2.75) is 25.7 Å². The van der Waals surface area contributed by atoms with Gasteiger partial charge in [-0.05, 0) is 31.2 Å². The summed E-state index contributed by atoms with van der Waals surface area (Å²) in [5, 5.41) is 0. The third-order valence-corrected chi connectivity index (χ3v) is 2.45. The van der Waals surface area contributed by atoms with Crippen molar-refractivity contribution in [3.05, 3.63) is 17.5 Å². The van der Waals surface area contributed by atoms with Crippen molar-refractivity contribution < 1.29 is 9.53 Å². The van der Waals surface area contributed by atoms with E-state index in [1.54, 1.807) is 6.92 Å². The molecule has 1 aromatic heterocycles. The van der Waals surface area contributed by atoms with Crippen LogP contribution in [0.4, 0.5) is 5.69 Å². The summed E-state index contributed by atoms with van der Waals surface area (Å²) < 4.78 is 4.87. The molecule has 0 radical (unpaired) electrons. The van der Waals surface area contributed by atoms with Gasteiger partial charge in [0.05, 0.1) is 12.3 Å². The van der Waals surface area contributed by atoms with Crippen molar-refractivity contribution in [2.75, 3.05) is 12.3 Å². The maximum Gasteiger partial charge on any atom is 0.356 e. The molecule has 1 aliphatic rings. The fourth-order valence-electron chi connectivity index (χ4n) is 1.55. The van der Waals surface area contributed by atoms with E-state index >= 15 is 0 Å². The summed E-state index contributed by atoms with van der Waals surface area (Å²) in [6.07, 6.45) is 4.16. The number of aromatic amines is 1. The lowest BCUT2D eigenvalue weighted by atomic mass is 10.2. The average Bonchev–Trinajstić information content (AvgIpc) is 2.91. The molecule has 0 amide bonds. The van der Waals surface area contributed by atoms with Gasteiger partial charge in [0, 0.05) is 6.20 Å². The van der Waals surface area contributed by atoms with E-state index < -0.39 is 0 Å². The van der Waals surface area contributed by atoms with Gasteiger partial charge in [-0.3, -0.25) is 0 Å². The molecule has 14 heavy (non-hydrogen) atoms. The molecule has 0 aliphatic heterocycles. The van der Waals surface area contributed by atoms with E-state index in [1.807, 2.05) is 6.20 Å². The zero-order chi connectivity index (χ0) is 10.1. The summed E-state index contributed by atoms with van der Waals surface area (Å²) in [4.78, 5) is 14.3. The molecule has 1 fully saturated rings. The largest absolute Gasteiger partial charge is 0.461 e. The Bertz CT molecular complexity index is 353. The van der Waals surface area contributed by atoms with Gasteiger partial charge in [-0.1, -0.05) is 0 Å². The fourth-order valence-corrected chi connectivity index (χ4v) is 1.55. The molecule has 1 saturated carbocycles. The smallest absolute Gasteiger partial charge is 0.356 e. The average molecular weight is 194 g/mol. The fraction of sp³-hybridized carbons (Fsp3) is 0.500. The van der Waals surface area contributed by atoms with Crippen LogP contribution in [0, 0.1) is 0 Å². The topological polar surface area (TPSA) is 68.1 Å². The molecule has 0 spiro atoms. The quantitative estimate of drug-likeness (QED) is 0.719. The summed E-state index contributed by atoms with van der Waals surface area (Å²) in [6.45, 7) is 2.15. The number of H-pyrrole nitrogens is 1. The summed E-state index contributed by atoms with van der Waals surface area (Å²) >= 11 is 0. The molecule has 2 rings (SSSR count).